The number of benzene rings is 2. The fraction of sp³-hybridized carbons (Fsp3) is 0.385. The first-order chi connectivity index (χ1) is 15.9. The lowest BCUT2D eigenvalue weighted by atomic mass is 9.94. The number of carbonyl (C=O) groups excluding carboxylic acids is 2. The second kappa shape index (κ2) is 10.5. The molecule has 33 heavy (non-hydrogen) atoms. The zero-order valence-corrected chi connectivity index (χ0v) is 19.9. The van der Waals surface area contributed by atoms with Crippen molar-refractivity contribution in [2.45, 2.75) is 26.8 Å². The van der Waals surface area contributed by atoms with E-state index in [9.17, 15) is 14.7 Å². The van der Waals surface area contributed by atoms with Gasteiger partial charge in [0.25, 0.3) is 11.7 Å². The van der Waals surface area contributed by atoms with Crippen molar-refractivity contribution in [1.29, 1.82) is 0 Å². The second-order valence-corrected chi connectivity index (χ2v) is 7.95. The van der Waals surface area contributed by atoms with Crippen LogP contribution in [0.25, 0.3) is 5.76 Å². The summed E-state index contributed by atoms with van der Waals surface area (Å²) in [6.07, 6.45) is 0. The number of amides is 1. The maximum atomic E-state index is 13.2. The van der Waals surface area contributed by atoms with Gasteiger partial charge < -0.3 is 24.4 Å². The number of aliphatic hydroxyl groups excluding tert-OH is 1. The van der Waals surface area contributed by atoms with Crippen LogP contribution in [0.1, 0.15) is 36.6 Å². The fourth-order valence-corrected chi connectivity index (χ4v) is 4.30. The zero-order chi connectivity index (χ0) is 24.1. The van der Waals surface area contributed by atoms with Crippen molar-refractivity contribution >= 4 is 17.4 Å². The molecular weight excluding hydrogens is 420 g/mol. The Morgan fingerprint density at radius 3 is 2.30 bits per heavy atom. The predicted octanol–water partition coefficient (Wildman–Crippen LogP) is 3.78. The van der Waals surface area contributed by atoms with Gasteiger partial charge in [-0.3, -0.25) is 9.59 Å². The van der Waals surface area contributed by atoms with Crippen LogP contribution in [0.15, 0.2) is 48.0 Å². The predicted molar refractivity (Wildman–Crippen MR) is 128 cm³/mol. The van der Waals surface area contributed by atoms with E-state index in [2.05, 4.69) is 18.7 Å². The van der Waals surface area contributed by atoms with Gasteiger partial charge in [-0.2, -0.15) is 0 Å². The van der Waals surface area contributed by atoms with Crippen molar-refractivity contribution in [2.75, 3.05) is 40.4 Å². The molecule has 176 valence electrons. The Bertz CT molecular complexity index is 1060. The number of ketones is 1. The largest absolute Gasteiger partial charge is 0.507 e. The molecule has 0 saturated carbocycles. The van der Waals surface area contributed by atoms with Gasteiger partial charge in [0.2, 0.25) is 0 Å². The maximum absolute atomic E-state index is 13.2. The number of likely N-dealkylation sites (N-methyl/N-ethyl adjacent to an activating group) is 1. The number of hydrogen-bond donors (Lipinski definition) is 1. The highest BCUT2D eigenvalue weighted by Gasteiger charge is 2.46. The molecule has 0 aliphatic carbocycles. The standard InChI is InChI=1S/C26H32N2O5/c1-6-27(7-2)14-15-28-23(19-10-8-9-11-21(19)33-5)22(25(30)26(28)31)24(29)18-12-13-20(32-4)17(3)16-18/h8-13,16,23,29H,6-7,14-15H2,1-5H3/t23-/m1/s1. The highest BCUT2D eigenvalue weighted by Crippen LogP contribution is 2.42. The Morgan fingerprint density at radius 2 is 1.70 bits per heavy atom. The minimum Gasteiger partial charge on any atom is -0.507 e. The molecule has 1 atom stereocenters. The average molecular weight is 453 g/mol. The first-order valence-electron chi connectivity index (χ1n) is 11.2. The molecule has 3 rings (SSSR count). The van der Waals surface area contributed by atoms with Crippen LogP contribution in [0.4, 0.5) is 0 Å². The number of Topliss-reactive ketones (excluding diaryl/α,β-unsaturated/α-hetero) is 1. The molecule has 0 unspecified atom stereocenters. The van der Waals surface area contributed by atoms with Crippen LogP contribution in [-0.2, 0) is 9.59 Å². The second-order valence-electron chi connectivity index (χ2n) is 7.95. The highest BCUT2D eigenvalue weighted by molar-refractivity contribution is 6.46. The van der Waals surface area contributed by atoms with E-state index in [1.54, 1.807) is 43.4 Å². The summed E-state index contributed by atoms with van der Waals surface area (Å²) in [5, 5.41) is 11.3. The average Bonchev–Trinajstić information content (AvgIpc) is 3.08. The SMILES string of the molecule is CCN(CC)CCN1C(=O)C(=O)C(=C(O)c2ccc(OC)c(C)c2)[C@H]1c1ccccc1OC. The molecule has 0 aromatic heterocycles. The molecule has 2 aromatic rings. The van der Waals surface area contributed by atoms with E-state index in [1.165, 1.54) is 0 Å². The molecule has 0 bridgehead atoms. The van der Waals surface area contributed by atoms with Gasteiger partial charge in [0.05, 0.1) is 25.8 Å². The lowest BCUT2D eigenvalue weighted by molar-refractivity contribution is -0.140. The summed E-state index contributed by atoms with van der Waals surface area (Å²) in [5.74, 6) is -0.303. The first-order valence-corrected chi connectivity index (χ1v) is 11.2. The summed E-state index contributed by atoms with van der Waals surface area (Å²) < 4.78 is 10.9. The molecule has 7 nitrogen and oxygen atoms in total. The van der Waals surface area contributed by atoms with Crippen LogP contribution in [0, 0.1) is 6.92 Å². The third kappa shape index (κ3) is 4.73. The maximum Gasteiger partial charge on any atom is 0.295 e. The van der Waals surface area contributed by atoms with E-state index in [-0.39, 0.29) is 11.3 Å². The van der Waals surface area contributed by atoms with E-state index in [0.29, 0.717) is 35.7 Å². The van der Waals surface area contributed by atoms with Gasteiger partial charge in [-0.05, 0) is 49.8 Å². The first kappa shape index (κ1) is 24.3. The van der Waals surface area contributed by atoms with Crippen molar-refractivity contribution in [2.24, 2.45) is 0 Å². The monoisotopic (exact) mass is 452 g/mol. The minimum atomic E-state index is -0.751. The number of methoxy groups -OCH3 is 2. The molecule has 0 radical (unpaired) electrons. The molecule has 1 aliphatic heterocycles. The molecule has 1 N–H and O–H groups in total. The van der Waals surface area contributed by atoms with Gasteiger partial charge in [0.15, 0.2) is 0 Å². The zero-order valence-electron chi connectivity index (χ0n) is 19.9. The summed E-state index contributed by atoms with van der Waals surface area (Å²) in [6, 6.07) is 11.7. The van der Waals surface area contributed by atoms with Gasteiger partial charge in [0.1, 0.15) is 17.3 Å². The number of carbonyl (C=O) groups is 2. The Kier molecular flexibility index (Phi) is 7.76. The molecule has 1 aliphatic rings. The summed E-state index contributed by atoms with van der Waals surface area (Å²) in [5.41, 5.74) is 1.99. The van der Waals surface area contributed by atoms with E-state index in [4.69, 9.17) is 9.47 Å². The number of aryl methyl sites for hydroxylation is 1. The van der Waals surface area contributed by atoms with E-state index in [1.807, 2.05) is 25.1 Å². The summed E-state index contributed by atoms with van der Waals surface area (Å²) >= 11 is 0. The third-order valence-corrected chi connectivity index (χ3v) is 6.19. The number of rotatable bonds is 9. The fourth-order valence-electron chi connectivity index (χ4n) is 4.30. The number of likely N-dealkylation sites (tertiary alicyclic amines) is 1. The van der Waals surface area contributed by atoms with Crippen molar-refractivity contribution < 1.29 is 24.2 Å². The van der Waals surface area contributed by atoms with Gasteiger partial charge in [-0.25, -0.2) is 0 Å². The summed E-state index contributed by atoms with van der Waals surface area (Å²) in [7, 11) is 3.12. The van der Waals surface area contributed by atoms with Crippen molar-refractivity contribution in [3.8, 4) is 11.5 Å². The van der Waals surface area contributed by atoms with Gasteiger partial charge in [-0.15, -0.1) is 0 Å². The quantitative estimate of drug-likeness (QED) is 0.354. The van der Waals surface area contributed by atoms with Crippen molar-refractivity contribution in [1.82, 2.24) is 9.80 Å². The number of hydrogen-bond acceptors (Lipinski definition) is 6. The molecule has 1 heterocycles. The Morgan fingerprint density at radius 1 is 1.03 bits per heavy atom. The Hall–Kier alpha value is -3.32. The number of nitrogens with zero attached hydrogens (tertiary/aromatic N) is 2. The molecular formula is C26H32N2O5. The normalized spacial score (nSPS) is 17.6. The van der Waals surface area contributed by atoms with Crippen molar-refractivity contribution in [3.63, 3.8) is 0 Å². The lowest BCUT2D eigenvalue weighted by Gasteiger charge is -2.29. The minimum absolute atomic E-state index is 0.0635. The summed E-state index contributed by atoms with van der Waals surface area (Å²) in [4.78, 5) is 30.1. The number of para-hydroxylation sites is 1. The molecule has 0 spiro atoms. The lowest BCUT2D eigenvalue weighted by Crippen LogP contribution is -2.38. The van der Waals surface area contributed by atoms with E-state index < -0.39 is 17.7 Å². The van der Waals surface area contributed by atoms with E-state index in [0.717, 1.165) is 18.7 Å². The topological polar surface area (TPSA) is 79.3 Å². The van der Waals surface area contributed by atoms with Crippen LogP contribution in [0.2, 0.25) is 0 Å². The van der Waals surface area contributed by atoms with Crippen LogP contribution < -0.4 is 9.47 Å². The molecule has 1 saturated heterocycles. The van der Waals surface area contributed by atoms with Gasteiger partial charge in [0, 0.05) is 24.2 Å². The summed E-state index contributed by atoms with van der Waals surface area (Å²) in [6.45, 7) is 8.62. The Balaban J connectivity index is 2.16. The smallest absolute Gasteiger partial charge is 0.295 e. The van der Waals surface area contributed by atoms with Crippen LogP contribution in [0.5, 0.6) is 11.5 Å². The molecule has 1 amide bonds. The van der Waals surface area contributed by atoms with E-state index >= 15 is 0 Å². The number of ether oxygens (including phenoxy) is 2. The Labute approximate surface area is 195 Å². The number of aliphatic hydroxyl groups is 1. The molecule has 1 fully saturated rings. The molecule has 2 aromatic carbocycles. The third-order valence-electron chi connectivity index (χ3n) is 6.19. The van der Waals surface area contributed by atoms with Crippen LogP contribution in [0.3, 0.4) is 0 Å². The molecule has 7 heteroatoms. The van der Waals surface area contributed by atoms with Crippen molar-refractivity contribution in [3.05, 3.63) is 64.7 Å². The highest BCUT2D eigenvalue weighted by atomic mass is 16.5. The van der Waals surface area contributed by atoms with Crippen LogP contribution >= 0.6 is 0 Å². The van der Waals surface area contributed by atoms with Gasteiger partial charge in [-0.1, -0.05) is 32.0 Å². The van der Waals surface area contributed by atoms with Gasteiger partial charge >= 0.3 is 0 Å². The van der Waals surface area contributed by atoms with Crippen LogP contribution in [-0.4, -0.2) is 67.0 Å².